The molecule has 1 unspecified atom stereocenters. The quantitative estimate of drug-likeness (QED) is 0.245. The molecule has 1 atom stereocenters. The summed E-state index contributed by atoms with van der Waals surface area (Å²) in [7, 11) is 0. The predicted molar refractivity (Wildman–Crippen MR) is 160 cm³/mol. The van der Waals surface area contributed by atoms with Crippen LogP contribution in [0.25, 0.3) is 55.0 Å². The Labute approximate surface area is 221 Å². The summed E-state index contributed by atoms with van der Waals surface area (Å²) >= 11 is 0. The first-order valence-corrected chi connectivity index (χ1v) is 13.6. The van der Waals surface area contributed by atoms with Gasteiger partial charge in [-0.05, 0) is 47.9 Å². The van der Waals surface area contributed by atoms with E-state index in [9.17, 15) is 0 Å². The van der Waals surface area contributed by atoms with Crippen LogP contribution in [0.2, 0.25) is 0 Å². The van der Waals surface area contributed by atoms with E-state index in [-0.39, 0.29) is 0 Å². The zero-order chi connectivity index (χ0) is 25.4. The van der Waals surface area contributed by atoms with Crippen LogP contribution >= 0.6 is 0 Å². The number of aromatic nitrogens is 2. The van der Waals surface area contributed by atoms with E-state index < -0.39 is 0 Å². The Morgan fingerprint density at radius 1 is 0.579 bits per heavy atom. The van der Waals surface area contributed by atoms with Gasteiger partial charge in [0.05, 0.1) is 33.4 Å². The maximum absolute atomic E-state index is 3.67. The molecule has 7 aromatic rings. The summed E-state index contributed by atoms with van der Waals surface area (Å²) in [6.45, 7) is 5.60. The van der Waals surface area contributed by atoms with Gasteiger partial charge in [-0.25, -0.2) is 0 Å². The number of rotatable bonds is 4. The molecule has 1 fully saturated rings. The Hall–Kier alpha value is -4.34. The molecular formula is C35H29N3. The molecule has 0 aliphatic carbocycles. The second kappa shape index (κ2) is 8.08. The van der Waals surface area contributed by atoms with Crippen molar-refractivity contribution in [2.75, 3.05) is 6.54 Å². The van der Waals surface area contributed by atoms with E-state index in [1.54, 1.807) is 0 Å². The van der Waals surface area contributed by atoms with Crippen molar-refractivity contribution >= 4 is 43.6 Å². The van der Waals surface area contributed by atoms with Crippen LogP contribution in [-0.2, 0) is 0 Å². The lowest BCUT2D eigenvalue weighted by Gasteiger charge is -2.22. The molecule has 0 spiro atoms. The number of benzene rings is 5. The molecule has 0 amide bonds. The van der Waals surface area contributed by atoms with E-state index in [4.69, 9.17) is 0 Å². The van der Waals surface area contributed by atoms with Gasteiger partial charge < -0.3 is 14.5 Å². The second-order valence-corrected chi connectivity index (χ2v) is 10.8. The Kier molecular flexibility index (Phi) is 4.62. The van der Waals surface area contributed by atoms with Crippen LogP contribution in [0.1, 0.15) is 36.9 Å². The minimum atomic E-state index is 0.320. The number of fused-ring (bicyclic) bond motifs is 6. The molecule has 3 nitrogen and oxygen atoms in total. The van der Waals surface area contributed by atoms with Crippen molar-refractivity contribution in [3.05, 3.63) is 120 Å². The average molecular weight is 492 g/mol. The monoisotopic (exact) mass is 491 g/mol. The van der Waals surface area contributed by atoms with E-state index in [2.05, 4.69) is 137 Å². The minimum absolute atomic E-state index is 0.320. The first kappa shape index (κ1) is 21.7. The third kappa shape index (κ3) is 3.06. The molecule has 1 aliphatic heterocycles. The highest BCUT2D eigenvalue weighted by Crippen LogP contribution is 2.43. The van der Waals surface area contributed by atoms with Crippen molar-refractivity contribution in [3.8, 4) is 11.4 Å². The summed E-state index contributed by atoms with van der Waals surface area (Å²) in [5, 5.41) is 8.86. The first-order valence-electron chi connectivity index (χ1n) is 13.6. The first-order chi connectivity index (χ1) is 18.7. The molecule has 1 aliphatic rings. The molecule has 0 saturated carbocycles. The molecular weight excluding hydrogens is 462 g/mol. The van der Waals surface area contributed by atoms with E-state index in [1.165, 1.54) is 66.1 Å². The number of hydrogen-bond donors (Lipinski definition) is 1. The number of para-hydroxylation sites is 4. The van der Waals surface area contributed by atoms with Crippen LogP contribution < -0.4 is 5.32 Å². The Balaban J connectivity index is 1.56. The van der Waals surface area contributed by atoms with Crippen LogP contribution in [0.3, 0.4) is 0 Å². The highest BCUT2D eigenvalue weighted by Gasteiger charge is 2.32. The zero-order valence-corrected chi connectivity index (χ0v) is 21.6. The average Bonchev–Trinajstić information content (AvgIpc) is 3.67. The molecule has 0 bridgehead atoms. The molecule has 3 heteroatoms. The van der Waals surface area contributed by atoms with Gasteiger partial charge >= 0.3 is 0 Å². The van der Waals surface area contributed by atoms with E-state index in [1.807, 2.05) is 0 Å². The molecule has 0 radical (unpaired) electrons. The maximum atomic E-state index is 3.67. The summed E-state index contributed by atoms with van der Waals surface area (Å²) in [6.07, 6.45) is 0. The van der Waals surface area contributed by atoms with Crippen LogP contribution in [0.4, 0.5) is 0 Å². The van der Waals surface area contributed by atoms with Crippen molar-refractivity contribution in [1.82, 2.24) is 14.5 Å². The van der Waals surface area contributed by atoms with Gasteiger partial charge in [0, 0.05) is 39.7 Å². The van der Waals surface area contributed by atoms with Gasteiger partial charge in [-0.3, -0.25) is 0 Å². The molecule has 1 saturated heterocycles. The topological polar surface area (TPSA) is 31.8 Å². The Morgan fingerprint density at radius 3 is 1.24 bits per heavy atom. The van der Waals surface area contributed by atoms with Crippen LogP contribution in [0.5, 0.6) is 0 Å². The SMILES string of the molecule is CC(C)c1cc(-n2c3ccccc3c3ccccc32)c(C2CN2)c(-n2c3ccccc3c3ccccc32)c1. The van der Waals surface area contributed by atoms with Crippen LogP contribution in [-0.4, -0.2) is 15.7 Å². The third-order valence-electron chi connectivity index (χ3n) is 8.22. The summed E-state index contributed by atoms with van der Waals surface area (Å²) in [5.74, 6) is 0.398. The van der Waals surface area contributed by atoms with Crippen LogP contribution in [0, 0.1) is 0 Å². The van der Waals surface area contributed by atoms with Crippen molar-refractivity contribution in [3.63, 3.8) is 0 Å². The van der Waals surface area contributed by atoms with Crippen molar-refractivity contribution in [2.24, 2.45) is 0 Å². The van der Waals surface area contributed by atoms with Gasteiger partial charge in [0.1, 0.15) is 0 Å². The molecule has 184 valence electrons. The number of nitrogens with zero attached hydrogens (tertiary/aromatic N) is 2. The fourth-order valence-electron chi connectivity index (χ4n) is 6.33. The lowest BCUT2D eigenvalue weighted by molar-refractivity contribution is 0.856. The van der Waals surface area contributed by atoms with Crippen molar-refractivity contribution < 1.29 is 0 Å². The van der Waals surface area contributed by atoms with E-state index in [0.717, 1.165) is 6.54 Å². The van der Waals surface area contributed by atoms with Gasteiger partial charge in [-0.15, -0.1) is 0 Å². The fraction of sp³-hybridized carbons (Fsp3) is 0.143. The summed E-state index contributed by atoms with van der Waals surface area (Å²) in [5.41, 5.74) is 10.3. The lowest BCUT2D eigenvalue weighted by Crippen LogP contribution is -2.09. The largest absolute Gasteiger partial charge is 0.309 e. The van der Waals surface area contributed by atoms with Gasteiger partial charge in [-0.2, -0.15) is 0 Å². The maximum Gasteiger partial charge on any atom is 0.0541 e. The Bertz CT molecular complexity index is 1780. The fourth-order valence-corrected chi connectivity index (χ4v) is 6.33. The zero-order valence-electron chi connectivity index (χ0n) is 21.6. The third-order valence-corrected chi connectivity index (χ3v) is 8.22. The van der Waals surface area contributed by atoms with Gasteiger partial charge in [-0.1, -0.05) is 86.6 Å². The summed E-state index contributed by atoms with van der Waals surface area (Å²) in [6, 6.07) is 40.5. The highest BCUT2D eigenvalue weighted by molar-refractivity contribution is 6.10. The second-order valence-electron chi connectivity index (χ2n) is 10.8. The van der Waals surface area contributed by atoms with Gasteiger partial charge in [0.25, 0.3) is 0 Å². The smallest absolute Gasteiger partial charge is 0.0541 e. The van der Waals surface area contributed by atoms with Crippen molar-refractivity contribution in [1.29, 1.82) is 0 Å². The van der Waals surface area contributed by atoms with Gasteiger partial charge in [0.15, 0.2) is 0 Å². The van der Waals surface area contributed by atoms with Crippen LogP contribution in [0.15, 0.2) is 109 Å². The molecule has 5 aromatic carbocycles. The molecule has 38 heavy (non-hydrogen) atoms. The Morgan fingerprint density at radius 2 is 0.921 bits per heavy atom. The lowest BCUT2D eigenvalue weighted by atomic mass is 9.96. The van der Waals surface area contributed by atoms with Crippen molar-refractivity contribution in [2.45, 2.75) is 25.8 Å². The standard InChI is InChI=1S/C35H29N3/c1-22(2)23-19-33(37-29-15-7-3-11-24(29)25-12-4-8-16-30(25)37)35(28-21-36-28)34(20-23)38-31-17-9-5-13-26(31)27-14-6-10-18-32(27)38/h3-20,22,28,36H,21H2,1-2H3. The molecule has 2 aromatic heterocycles. The van der Waals surface area contributed by atoms with E-state index in [0.29, 0.717) is 12.0 Å². The molecule has 1 N–H and O–H groups in total. The minimum Gasteiger partial charge on any atom is -0.309 e. The summed E-state index contributed by atoms with van der Waals surface area (Å²) < 4.78 is 5.01. The highest BCUT2D eigenvalue weighted by atomic mass is 15.1. The van der Waals surface area contributed by atoms with Gasteiger partial charge in [0.2, 0.25) is 0 Å². The normalized spacial score (nSPS) is 15.4. The summed E-state index contributed by atoms with van der Waals surface area (Å²) in [4.78, 5) is 0. The molecule has 3 heterocycles. The predicted octanol–water partition coefficient (Wildman–Crippen LogP) is 8.65. The number of hydrogen-bond acceptors (Lipinski definition) is 1. The number of nitrogens with one attached hydrogen (secondary N) is 1. The molecule has 8 rings (SSSR count). The van der Waals surface area contributed by atoms with E-state index >= 15 is 0 Å².